The van der Waals surface area contributed by atoms with Crippen LogP contribution in [-0.4, -0.2) is 19.1 Å². The van der Waals surface area contributed by atoms with E-state index in [4.69, 9.17) is 9.47 Å². The summed E-state index contributed by atoms with van der Waals surface area (Å²) in [4.78, 5) is 12.3. The summed E-state index contributed by atoms with van der Waals surface area (Å²) in [7, 11) is 0. The Balaban J connectivity index is 1.48. The highest BCUT2D eigenvalue weighted by Gasteiger charge is 2.09. The second kappa shape index (κ2) is 12.1. The number of nitriles is 1. The Kier molecular flexibility index (Phi) is 8.67. The van der Waals surface area contributed by atoms with Gasteiger partial charge in [0, 0.05) is 5.69 Å². The molecule has 5 heteroatoms. The van der Waals surface area contributed by atoms with Gasteiger partial charge in [-0.15, -0.1) is 0 Å². The molecule has 5 nitrogen and oxygen atoms in total. The molecule has 0 spiro atoms. The standard InChI is InChI=1S/C28H28N2O3/c1-3-21(2)23-11-15-27(16-12-23)33-18-17-32-26-13-9-22(10-14-26)19-24(20-29)28(31)30-25-7-5-4-6-8-25/h4-16,19,21H,3,17-18H2,1-2H3,(H,30,31). The normalized spacial score (nSPS) is 11.8. The molecule has 0 aliphatic carbocycles. The molecule has 1 unspecified atom stereocenters. The van der Waals surface area contributed by atoms with Crippen molar-refractivity contribution in [2.75, 3.05) is 18.5 Å². The molecule has 3 aromatic carbocycles. The van der Waals surface area contributed by atoms with E-state index in [1.165, 1.54) is 5.56 Å². The monoisotopic (exact) mass is 440 g/mol. The van der Waals surface area contributed by atoms with Crippen molar-refractivity contribution in [1.29, 1.82) is 5.26 Å². The van der Waals surface area contributed by atoms with Gasteiger partial charge in [-0.3, -0.25) is 4.79 Å². The Labute approximate surface area is 195 Å². The molecule has 1 atom stereocenters. The summed E-state index contributed by atoms with van der Waals surface area (Å²) in [5, 5.41) is 12.1. The number of amides is 1. The molecular formula is C28H28N2O3. The molecule has 33 heavy (non-hydrogen) atoms. The maximum atomic E-state index is 12.3. The lowest BCUT2D eigenvalue weighted by molar-refractivity contribution is -0.112. The number of hydrogen-bond donors (Lipinski definition) is 1. The van der Waals surface area contributed by atoms with Crippen molar-refractivity contribution < 1.29 is 14.3 Å². The van der Waals surface area contributed by atoms with Gasteiger partial charge < -0.3 is 14.8 Å². The molecule has 0 bridgehead atoms. The molecule has 1 N–H and O–H groups in total. The maximum Gasteiger partial charge on any atom is 0.266 e. The Morgan fingerprint density at radius 3 is 2.06 bits per heavy atom. The van der Waals surface area contributed by atoms with Gasteiger partial charge in [-0.25, -0.2) is 0 Å². The fraction of sp³-hybridized carbons (Fsp3) is 0.214. The van der Waals surface area contributed by atoms with E-state index >= 15 is 0 Å². The van der Waals surface area contributed by atoms with Crippen LogP contribution in [0.1, 0.15) is 37.3 Å². The van der Waals surface area contributed by atoms with Crippen molar-refractivity contribution in [3.8, 4) is 17.6 Å². The van der Waals surface area contributed by atoms with E-state index in [0.717, 1.165) is 17.7 Å². The van der Waals surface area contributed by atoms with Gasteiger partial charge in [-0.2, -0.15) is 5.26 Å². The highest BCUT2D eigenvalue weighted by molar-refractivity contribution is 6.09. The number of rotatable bonds is 10. The van der Waals surface area contributed by atoms with Crippen molar-refractivity contribution in [1.82, 2.24) is 0 Å². The van der Waals surface area contributed by atoms with Gasteiger partial charge in [0.25, 0.3) is 5.91 Å². The first kappa shape index (κ1) is 23.6. The van der Waals surface area contributed by atoms with Gasteiger partial charge in [0.1, 0.15) is 36.4 Å². The lowest BCUT2D eigenvalue weighted by Gasteiger charge is -2.11. The zero-order valence-electron chi connectivity index (χ0n) is 19.0. The van der Waals surface area contributed by atoms with Gasteiger partial charge in [-0.05, 0) is 65.9 Å². The summed E-state index contributed by atoms with van der Waals surface area (Å²) in [6.07, 6.45) is 2.66. The van der Waals surface area contributed by atoms with Crippen molar-refractivity contribution in [3.05, 3.63) is 95.6 Å². The number of benzene rings is 3. The smallest absolute Gasteiger partial charge is 0.266 e. The molecule has 0 saturated heterocycles. The molecule has 0 aliphatic rings. The average molecular weight is 441 g/mol. The van der Waals surface area contributed by atoms with Crippen LogP contribution in [0.5, 0.6) is 11.5 Å². The van der Waals surface area contributed by atoms with Crippen molar-refractivity contribution in [2.45, 2.75) is 26.2 Å². The third kappa shape index (κ3) is 7.26. The summed E-state index contributed by atoms with van der Waals surface area (Å²) in [5.41, 5.74) is 2.72. The molecule has 3 rings (SSSR count). The summed E-state index contributed by atoms with van der Waals surface area (Å²) in [6, 6.07) is 26.4. The van der Waals surface area contributed by atoms with Gasteiger partial charge in [-0.1, -0.05) is 56.3 Å². The van der Waals surface area contributed by atoms with Crippen LogP contribution in [0.2, 0.25) is 0 Å². The van der Waals surface area contributed by atoms with E-state index in [0.29, 0.717) is 30.6 Å². The average Bonchev–Trinajstić information content (AvgIpc) is 2.86. The number of nitrogens with zero attached hydrogens (tertiary/aromatic N) is 1. The van der Waals surface area contributed by atoms with Crippen LogP contribution in [0, 0.1) is 11.3 Å². The van der Waals surface area contributed by atoms with Crippen LogP contribution in [0.3, 0.4) is 0 Å². The fourth-order valence-electron chi connectivity index (χ4n) is 3.14. The summed E-state index contributed by atoms with van der Waals surface area (Å²) >= 11 is 0. The zero-order valence-corrected chi connectivity index (χ0v) is 19.0. The summed E-state index contributed by atoms with van der Waals surface area (Å²) in [5.74, 6) is 1.61. The van der Waals surface area contributed by atoms with E-state index in [-0.39, 0.29) is 5.57 Å². The third-order valence-electron chi connectivity index (χ3n) is 5.27. The van der Waals surface area contributed by atoms with Gasteiger partial charge in [0.05, 0.1) is 0 Å². The zero-order chi connectivity index (χ0) is 23.5. The number of ether oxygens (including phenoxy) is 2. The summed E-state index contributed by atoms with van der Waals surface area (Å²) in [6.45, 7) is 5.24. The third-order valence-corrected chi connectivity index (χ3v) is 5.27. The lowest BCUT2D eigenvalue weighted by Crippen LogP contribution is -2.13. The molecule has 0 aromatic heterocycles. The van der Waals surface area contributed by atoms with Crippen LogP contribution in [0.15, 0.2) is 84.4 Å². The van der Waals surface area contributed by atoms with Crippen LogP contribution < -0.4 is 14.8 Å². The van der Waals surface area contributed by atoms with Gasteiger partial charge in [0.15, 0.2) is 0 Å². The number of anilines is 1. The second-order valence-corrected chi connectivity index (χ2v) is 7.63. The minimum atomic E-state index is -0.446. The molecule has 0 aliphatic heterocycles. The Hall–Kier alpha value is -4.04. The first-order valence-corrected chi connectivity index (χ1v) is 11.0. The minimum Gasteiger partial charge on any atom is -0.490 e. The van der Waals surface area contributed by atoms with Crippen LogP contribution in [0.25, 0.3) is 6.08 Å². The highest BCUT2D eigenvalue weighted by Crippen LogP contribution is 2.21. The van der Waals surface area contributed by atoms with Crippen LogP contribution in [-0.2, 0) is 4.79 Å². The van der Waals surface area contributed by atoms with Crippen molar-refractivity contribution in [2.24, 2.45) is 0 Å². The predicted molar refractivity (Wildman–Crippen MR) is 131 cm³/mol. The number of nitrogens with one attached hydrogen (secondary N) is 1. The quantitative estimate of drug-likeness (QED) is 0.231. The second-order valence-electron chi connectivity index (χ2n) is 7.63. The molecule has 168 valence electrons. The maximum absolute atomic E-state index is 12.3. The van der Waals surface area contributed by atoms with E-state index in [2.05, 4.69) is 31.3 Å². The fourth-order valence-corrected chi connectivity index (χ4v) is 3.14. The van der Waals surface area contributed by atoms with Crippen LogP contribution in [0.4, 0.5) is 5.69 Å². The number of para-hydroxylation sites is 1. The molecule has 3 aromatic rings. The van der Waals surface area contributed by atoms with Crippen LogP contribution >= 0.6 is 0 Å². The minimum absolute atomic E-state index is 0.0280. The van der Waals surface area contributed by atoms with E-state index in [1.54, 1.807) is 42.5 Å². The highest BCUT2D eigenvalue weighted by atomic mass is 16.5. The molecule has 0 heterocycles. The number of carbonyl (C=O) groups excluding carboxylic acids is 1. The number of hydrogen-bond acceptors (Lipinski definition) is 4. The molecule has 0 radical (unpaired) electrons. The first-order chi connectivity index (χ1) is 16.1. The SMILES string of the molecule is CCC(C)c1ccc(OCCOc2ccc(C=C(C#N)C(=O)Nc3ccccc3)cc2)cc1. The molecule has 1 amide bonds. The molecular weight excluding hydrogens is 412 g/mol. The number of carbonyl (C=O) groups is 1. The van der Waals surface area contributed by atoms with Gasteiger partial charge >= 0.3 is 0 Å². The summed E-state index contributed by atoms with van der Waals surface area (Å²) < 4.78 is 11.5. The molecule has 0 saturated carbocycles. The largest absolute Gasteiger partial charge is 0.490 e. The lowest BCUT2D eigenvalue weighted by atomic mass is 9.99. The van der Waals surface area contributed by atoms with E-state index in [9.17, 15) is 10.1 Å². The van der Waals surface area contributed by atoms with E-state index < -0.39 is 5.91 Å². The van der Waals surface area contributed by atoms with Crippen molar-refractivity contribution >= 4 is 17.7 Å². The topological polar surface area (TPSA) is 71.3 Å². The molecule has 0 fully saturated rings. The Morgan fingerprint density at radius 2 is 1.52 bits per heavy atom. The van der Waals surface area contributed by atoms with E-state index in [1.807, 2.05) is 36.4 Å². The van der Waals surface area contributed by atoms with Gasteiger partial charge in [0.2, 0.25) is 0 Å². The first-order valence-electron chi connectivity index (χ1n) is 11.0. The Morgan fingerprint density at radius 1 is 0.939 bits per heavy atom. The van der Waals surface area contributed by atoms with Crippen molar-refractivity contribution in [3.63, 3.8) is 0 Å². The Bertz CT molecular complexity index is 1100. The predicted octanol–water partition coefficient (Wildman–Crippen LogP) is 6.20.